The second-order valence-electron chi connectivity index (χ2n) is 6.02. The van der Waals surface area contributed by atoms with E-state index in [1.165, 1.54) is 37.1 Å². The van der Waals surface area contributed by atoms with Crippen molar-refractivity contribution in [1.82, 2.24) is 4.90 Å². The van der Waals surface area contributed by atoms with Crippen LogP contribution in [0.25, 0.3) is 0 Å². The molecule has 20 heavy (non-hydrogen) atoms. The Kier molecular flexibility index (Phi) is 3.60. The summed E-state index contributed by atoms with van der Waals surface area (Å²) in [5, 5.41) is 4.58. The van der Waals surface area contributed by atoms with Crippen molar-refractivity contribution in [3.8, 4) is 0 Å². The maximum absolute atomic E-state index is 11.5. The maximum atomic E-state index is 11.5. The SMILES string of the molecule is CN1CCC(CNc2sc(C(N)=O)c(N)c2C2CC2)C1. The molecule has 1 aromatic rings. The molecule has 0 spiro atoms. The smallest absolute Gasteiger partial charge is 0.260 e. The van der Waals surface area contributed by atoms with E-state index in [4.69, 9.17) is 11.5 Å². The van der Waals surface area contributed by atoms with E-state index in [1.807, 2.05) is 0 Å². The van der Waals surface area contributed by atoms with Gasteiger partial charge in [-0.1, -0.05) is 0 Å². The fourth-order valence-electron chi connectivity index (χ4n) is 2.98. The van der Waals surface area contributed by atoms with E-state index in [9.17, 15) is 4.79 Å². The van der Waals surface area contributed by atoms with Gasteiger partial charge >= 0.3 is 0 Å². The van der Waals surface area contributed by atoms with Crippen molar-refractivity contribution in [2.75, 3.05) is 37.7 Å². The number of carbonyl (C=O) groups excluding carboxylic acids is 1. The first kappa shape index (κ1) is 13.7. The zero-order valence-electron chi connectivity index (χ0n) is 11.8. The molecule has 2 heterocycles. The van der Waals surface area contributed by atoms with E-state index >= 15 is 0 Å². The minimum absolute atomic E-state index is 0.414. The Morgan fingerprint density at radius 2 is 2.20 bits per heavy atom. The van der Waals surface area contributed by atoms with Gasteiger partial charge in [-0.25, -0.2) is 0 Å². The summed E-state index contributed by atoms with van der Waals surface area (Å²) in [6.45, 7) is 3.25. The Balaban J connectivity index is 1.74. The van der Waals surface area contributed by atoms with Crippen LogP contribution in [0.1, 0.15) is 40.4 Å². The van der Waals surface area contributed by atoms with E-state index < -0.39 is 5.91 Å². The van der Waals surface area contributed by atoms with E-state index in [0.29, 0.717) is 22.4 Å². The molecule has 1 aliphatic heterocycles. The van der Waals surface area contributed by atoms with Gasteiger partial charge in [0.25, 0.3) is 5.91 Å². The van der Waals surface area contributed by atoms with Crippen molar-refractivity contribution in [3.63, 3.8) is 0 Å². The molecule has 0 radical (unpaired) electrons. The van der Waals surface area contributed by atoms with Crippen LogP contribution < -0.4 is 16.8 Å². The quantitative estimate of drug-likeness (QED) is 0.771. The molecule has 0 bridgehead atoms. The summed E-state index contributed by atoms with van der Waals surface area (Å²) in [5.41, 5.74) is 13.3. The van der Waals surface area contributed by atoms with Gasteiger partial charge in [0.15, 0.2) is 0 Å². The van der Waals surface area contributed by atoms with Gasteiger partial charge in [0.2, 0.25) is 0 Å². The predicted octanol–water partition coefficient (Wildman–Crippen LogP) is 1.67. The average Bonchev–Trinajstić information content (AvgIpc) is 3.05. The monoisotopic (exact) mass is 294 g/mol. The van der Waals surface area contributed by atoms with Gasteiger partial charge in [-0.05, 0) is 44.7 Å². The Hall–Kier alpha value is -1.27. The minimum Gasteiger partial charge on any atom is -0.397 e. The molecule has 110 valence electrons. The number of primary amides is 1. The highest BCUT2D eigenvalue weighted by Crippen LogP contribution is 2.50. The molecule has 1 saturated carbocycles. The summed E-state index contributed by atoms with van der Waals surface area (Å²) in [5.74, 6) is 0.781. The number of nitrogens with one attached hydrogen (secondary N) is 1. The summed E-state index contributed by atoms with van der Waals surface area (Å²) in [6.07, 6.45) is 3.56. The van der Waals surface area contributed by atoms with Crippen LogP contribution in [0.4, 0.5) is 10.7 Å². The molecule has 1 unspecified atom stereocenters. The van der Waals surface area contributed by atoms with Crippen molar-refractivity contribution in [2.24, 2.45) is 11.7 Å². The Bertz CT molecular complexity index is 523. The van der Waals surface area contributed by atoms with Gasteiger partial charge in [0, 0.05) is 18.7 Å². The molecule has 0 aromatic carbocycles. The lowest BCUT2D eigenvalue weighted by Crippen LogP contribution is -2.19. The number of hydrogen-bond donors (Lipinski definition) is 3. The first-order valence-corrected chi connectivity index (χ1v) is 8.02. The van der Waals surface area contributed by atoms with Gasteiger partial charge in [-0.3, -0.25) is 4.79 Å². The molecular formula is C14H22N4OS. The highest BCUT2D eigenvalue weighted by atomic mass is 32.1. The van der Waals surface area contributed by atoms with Crippen molar-refractivity contribution in [1.29, 1.82) is 0 Å². The number of nitrogen functional groups attached to an aromatic ring is 1. The zero-order valence-corrected chi connectivity index (χ0v) is 12.6. The molecule has 1 atom stereocenters. The standard InChI is InChI=1S/C14H22N4OS/c1-18-5-4-8(7-18)6-17-14-10(9-2-3-9)11(15)12(20-14)13(16)19/h8-9,17H,2-7,15H2,1H3,(H2,16,19). The fraction of sp³-hybridized carbons (Fsp3) is 0.643. The number of amides is 1. The van der Waals surface area contributed by atoms with Gasteiger partial charge in [0.05, 0.1) is 10.7 Å². The van der Waals surface area contributed by atoms with Crippen molar-refractivity contribution in [3.05, 3.63) is 10.4 Å². The van der Waals surface area contributed by atoms with Crippen LogP contribution in [0.5, 0.6) is 0 Å². The summed E-state index contributed by atoms with van der Waals surface area (Å²) in [4.78, 5) is 14.3. The Labute approximate surface area is 123 Å². The summed E-state index contributed by atoms with van der Waals surface area (Å²) in [7, 11) is 2.16. The van der Waals surface area contributed by atoms with Crippen LogP contribution in [0, 0.1) is 5.92 Å². The third-order valence-corrected chi connectivity index (χ3v) is 5.43. The molecule has 3 rings (SSSR count). The first-order chi connectivity index (χ1) is 9.56. The van der Waals surface area contributed by atoms with Crippen LogP contribution in [0.15, 0.2) is 0 Å². The number of carbonyl (C=O) groups is 1. The summed E-state index contributed by atoms with van der Waals surface area (Å²) in [6, 6.07) is 0. The van der Waals surface area contributed by atoms with Crippen molar-refractivity contribution in [2.45, 2.75) is 25.2 Å². The molecule has 5 N–H and O–H groups in total. The third-order valence-electron chi connectivity index (χ3n) is 4.23. The second kappa shape index (κ2) is 5.26. The molecule has 5 nitrogen and oxygen atoms in total. The van der Waals surface area contributed by atoms with Gasteiger partial charge < -0.3 is 21.7 Å². The topological polar surface area (TPSA) is 84.4 Å². The Morgan fingerprint density at radius 3 is 2.75 bits per heavy atom. The lowest BCUT2D eigenvalue weighted by molar-refractivity contribution is 0.100. The van der Waals surface area contributed by atoms with Crippen molar-refractivity contribution < 1.29 is 4.79 Å². The number of likely N-dealkylation sites (tertiary alicyclic amines) is 1. The molecule has 2 aliphatic rings. The molecule has 1 aliphatic carbocycles. The predicted molar refractivity (Wildman–Crippen MR) is 83.3 cm³/mol. The number of thiophene rings is 1. The van der Waals surface area contributed by atoms with Crippen LogP contribution in [-0.2, 0) is 0 Å². The van der Waals surface area contributed by atoms with Gasteiger partial charge in [-0.15, -0.1) is 11.3 Å². The number of nitrogens with two attached hydrogens (primary N) is 2. The minimum atomic E-state index is -0.414. The van der Waals surface area contributed by atoms with E-state index in [0.717, 1.165) is 23.7 Å². The van der Waals surface area contributed by atoms with Crippen molar-refractivity contribution >= 4 is 27.9 Å². The number of rotatable bonds is 5. The molecule has 1 aromatic heterocycles. The van der Waals surface area contributed by atoms with E-state index in [2.05, 4.69) is 17.3 Å². The van der Waals surface area contributed by atoms with Crippen LogP contribution in [0.3, 0.4) is 0 Å². The lowest BCUT2D eigenvalue weighted by atomic mass is 10.1. The largest absolute Gasteiger partial charge is 0.397 e. The lowest BCUT2D eigenvalue weighted by Gasteiger charge is -2.13. The fourth-order valence-corrected chi connectivity index (χ4v) is 4.04. The van der Waals surface area contributed by atoms with Gasteiger partial charge in [0.1, 0.15) is 4.88 Å². The van der Waals surface area contributed by atoms with Gasteiger partial charge in [-0.2, -0.15) is 0 Å². The van der Waals surface area contributed by atoms with Crippen LogP contribution >= 0.6 is 11.3 Å². The van der Waals surface area contributed by atoms with Crippen LogP contribution in [-0.4, -0.2) is 37.5 Å². The highest BCUT2D eigenvalue weighted by Gasteiger charge is 2.32. The number of nitrogens with zero attached hydrogens (tertiary/aromatic N) is 1. The highest BCUT2D eigenvalue weighted by molar-refractivity contribution is 7.18. The summed E-state index contributed by atoms with van der Waals surface area (Å²) < 4.78 is 0. The average molecular weight is 294 g/mol. The Morgan fingerprint density at radius 1 is 1.45 bits per heavy atom. The molecule has 1 saturated heterocycles. The number of anilines is 2. The maximum Gasteiger partial charge on any atom is 0.260 e. The molecular weight excluding hydrogens is 272 g/mol. The summed E-state index contributed by atoms with van der Waals surface area (Å²) >= 11 is 1.42. The molecule has 2 fully saturated rings. The zero-order chi connectivity index (χ0) is 14.3. The van der Waals surface area contributed by atoms with E-state index in [1.54, 1.807) is 0 Å². The normalized spacial score (nSPS) is 23.1. The van der Waals surface area contributed by atoms with Crippen LogP contribution in [0.2, 0.25) is 0 Å². The molecule has 1 amide bonds. The first-order valence-electron chi connectivity index (χ1n) is 7.20. The number of hydrogen-bond acceptors (Lipinski definition) is 5. The molecule has 6 heteroatoms. The third kappa shape index (κ3) is 2.62. The second-order valence-corrected chi connectivity index (χ2v) is 7.04. The van der Waals surface area contributed by atoms with E-state index in [-0.39, 0.29) is 0 Å².